The number of carbonyl (C=O) groups is 1. The Labute approximate surface area is 167 Å². The SMILES string of the molecule is CCn1c(=O)c2cc(OC)c(OC)cc2n(CC(=O)Nc2ccccc2C)c1=O. The fourth-order valence-corrected chi connectivity index (χ4v) is 3.22. The van der Waals surface area contributed by atoms with Gasteiger partial charge in [-0.05, 0) is 31.5 Å². The van der Waals surface area contributed by atoms with Crippen molar-refractivity contribution in [2.75, 3.05) is 19.5 Å². The van der Waals surface area contributed by atoms with Crippen molar-refractivity contribution in [2.45, 2.75) is 26.9 Å². The number of carbonyl (C=O) groups excluding carboxylic acids is 1. The molecule has 1 N–H and O–H groups in total. The number of methoxy groups -OCH3 is 2. The Hall–Kier alpha value is -3.55. The van der Waals surface area contributed by atoms with E-state index in [1.165, 1.54) is 30.9 Å². The number of nitrogens with one attached hydrogen (secondary N) is 1. The van der Waals surface area contributed by atoms with Crippen LogP contribution >= 0.6 is 0 Å². The van der Waals surface area contributed by atoms with E-state index in [-0.39, 0.29) is 24.4 Å². The predicted octanol–water partition coefficient (Wildman–Crippen LogP) is 2.15. The van der Waals surface area contributed by atoms with Crippen LogP contribution in [0.1, 0.15) is 12.5 Å². The molecule has 0 saturated heterocycles. The number of amides is 1. The molecule has 1 amide bonds. The minimum absolute atomic E-state index is 0.182. The number of benzene rings is 2. The third-order valence-corrected chi connectivity index (χ3v) is 4.77. The van der Waals surface area contributed by atoms with Crippen LogP contribution < -0.4 is 26.0 Å². The topological polar surface area (TPSA) is 91.6 Å². The van der Waals surface area contributed by atoms with Gasteiger partial charge in [0, 0.05) is 18.3 Å². The summed E-state index contributed by atoms with van der Waals surface area (Å²) >= 11 is 0. The van der Waals surface area contributed by atoms with Crippen molar-refractivity contribution in [3.8, 4) is 11.5 Å². The Balaban J connectivity index is 2.15. The molecule has 0 saturated carbocycles. The molecule has 29 heavy (non-hydrogen) atoms. The number of aryl methyl sites for hydroxylation is 1. The first-order valence-corrected chi connectivity index (χ1v) is 9.16. The van der Waals surface area contributed by atoms with Gasteiger partial charge in [-0.1, -0.05) is 18.2 Å². The highest BCUT2D eigenvalue weighted by atomic mass is 16.5. The lowest BCUT2D eigenvalue weighted by atomic mass is 10.2. The van der Waals surface area contributed by atoms with Crippen molar-refractivity contribution >= 4 is 22.5 Å². The van der Waals surface area contributed by atoms with Crippen LogP contribution in [0.15, 0.2) is 46.0 Å². The van der Waals surface area contributed by atoms with Crippen molar-refractivity contribution < 1.29 is 14.3 Å². The van der Waals surface area contributed by atoms with Gasteiger partial charge < -0.3 is 14.8 Å². The number of ether oxygens (including phenoxy) is 2. The van der Waals surface area contributed by atoms with Crippen molar-refractivity contribution in [1.29, 1.82) is 0 Å². The second kappa shape index (κ2) is 8.22. The minimum atomic E-state index is -0.558. The molecular formula is C21H23N3O5. The molecule has 0 radical (unpaired) electrons. The van der Waals surface area contributed by atoms with E-state index in [1.54, 1.807) is 13.0 Å². The van der Waals surface area contributed by atoms with E-state index in [2.05, 4.69) is 5.32 Å². The van der Waals surface area contributed by atoms with Crippen LogP contribution in [-0.4, -0.2) is 29.3 Å². The quantitative estimate of drug-likeness (QED) is 0.688. The van der Waals surface area contributed by atoms with E-state index in [9.17, 15) is 14.4 Å². The molecule has 0 aliphatic heterocycles. The molecule has 152 valence electrons. The molecule has 0 aliphatic carbocycles. The van der Waals surface area contributed by atoms with Crippen molar-refractivity contribution in [3.05, 3.63) is 62.8 Å². The van der Waals surface area contributed by atoms with Gasteiger partial charge in [-0.15, -0.1) is 0 Å². The number of aromatic nitrogens is 2. The first-order valence-electron chi connectivity index (χ1n) is 9.16. The lowest BCUT2D eigenvalue weighted by molar-refractivity contribution is -0.116. The second-order valence-corrected chi connectivity index (χ2v) is 6.51. The Morgan fingerprint density at radius 1 is 1.03 bits per heavy atom. The second-order valence-electron chi connectivity index (χ2n) is 6.51. The van der Waals surface area contributed by atoms with Crippen molar-refractivity contribution in [2.24, 2.45) is 0 Å². The summed E-state index contributed by atoms with van der Waals surface area (Å²) < 4.78 is 12.9. The summed E-state index contributed by atoms with van der Waals surface area (Å²) in [5, 5.41) is 3.08. The Morgan fingerprint density at radius 3 is 2.31 bits per heavy atom. The molecular weight excluding hydrogens is 374 g/mol. The first kappa shape index (κ1) is 20.2. The molecule has 0 spiro atoms. The van der Waals surface area contributed by atoms with Crippen LogP contribution in [0.3, 0.4) is 0 Å². The fourth-order valence-electron chi connectivity index (χ4n) is 3.22. The van der Waals surface area contributed by atoms with E-state index < -0.39 is 11.2 Å². The largest absolute Gasteiger partial charge is 0.493 e. The van der Waals surface area contributed by atoms with Gasteiger partial charge in [-0.3, -0.25) is 18.7 Å². The molecule has 8 nitrogen and oxygen atoms in total. The minimum Gasteiger partial charge on any atom is -0.493 e. The van der Waals surface area contributed by atoms with E-state index in [4.69, 9.17) is 9.47 Å². The zero-order valence-corrected chi connectivity index (χ0v) is 16.8. The molecule has 8 heteroatoms. The molecule has 0 bridgehead atoms. The summed E-state index contributed by atoms with van der Waals surface area (Å²) in [7, 11) is 2.93. The van der Waals surface area contributed by atoms with E-state index in [0.717, 1.165) is 10.1 Å². The molecule has 0 atom stereocenters. The Morgan fingerprint density at radius 2 is 1.69 bits per heavy atom. The summed E-state index contributed by atoms with van der Waals surface area (Å²) in [5.74, 6) is 0.356. The monoisotopic (exact) mass is 397 g/mol. The molecule has 0 fully saturated rings. The van der Waals surface area contributed by atoms with E-state index >= 15 is 0 Å². The van der Waals surface area contributed by atoms with Gasteiger partial charge in [-0.25, -0.2) is 4.79 Å². The zero-order chi connectivity index (χ0) is 21.1. The standard InChI is InChI=1S/C21H23N3O5/c1-5-23-20(26)14-10-17(28-3)18(29-4)11-16(14)24(21(23)27)12-19(25)22-15-9-7-6-8-13(15)2/h6-11H,5,12H2,1-4H3,(H,22,25). The smallest absolute Gasteiger partial charge is 0.331 e. The third kappa shape index (κ3) is 3.73. The van der Waals surface area contributed by atoms with Crippen molar-refractivity contribution in [3.63, 3.8) is 0 Å². The molecule has 3 aromatic rings. The van der Waals surface area contributed by atoms with Crippen LogP contribution in [-0.2, 0) is 17.9 Å². The number of nitrogens with zero attached hydrogens (tertiary/aromatic N) is 2. The maximum absolute atomic E-state index is 12.9. The lowest BCUT2D eigenvalue weighted by Gasteiger charge is -2.16. The van der Waals surface area contributed by atoms with Gasteiger partial charge in [0.05, 0.1) is 25.1 Å². The van der Waals surface area contributed by atoms with Gasteiger partial charge in [0.1, 0.15) is 6.54 Å². The molecule has 0 unspecified atom stereocenters. The summed E-state index contributed by atoms with van der Waals surface area (Å²) in [6.45, 7) is 3.51. The van der Waals surface area contributed by atoms with Crippen LogP contribution in [0.5, 0.6) is 11.5 Å². The Kier molecular flexibility index (Phi) is 5.72. The summed E-state index contributed by atoms with van der Waals surface area (Å²) in [6, 6.07) is 10.4. The lowest BCUT2D eigenvalue weighted by Crippen LogP contribution is -2.41. The normalized spacial score (nSPS) is 10.8. The highest BCUT2D eigenvalue weighted by molar-refractivity contribution is 5.92. The van der Waals surface area contributed by atoms with Crippen molar-refractivity contribution in [1.82, 2.24) is 9.13 Å². The Bertz CT molecular complexity index is 1190. The van der Waals surface area contributed by atoms with Crippen LogP contribution in [0.4, 0.5) is 5.69 Å². The number of hydrogen-bond acceptors (Lipinski definition) is 5. The van der Waals surface area contributed by atoms with Crippen LogP contribution in [0.25, 0.3) is 10.9 Å². The first-order chi connectivity index (χ1) is 13.9. The summed E-state index contributed by atoms with van der Waals surface area (Å²) in [6.07, 6.45) is 0. The van der Waals surface area contributed by atoms with E-state index in [0.29, 0.717) is 22.7 Å². The number of rotatable bonds is 6. The van der Waals surface area contributed by atoms with Gasteiger partial charge in [0.2, 0.25) is 5.91 Å². The van der Waals surface area contributed by atoms with Gasteiger partial charge in [-0.2, -0.15) is 0 Å². The predicted molar refractivity (Wildman–Crippen MR) is 111 cm³/mol. The highest BCUT2D eigenvalue weighted by Crippen LogP contribution is 2.30. The summed E-state index contributed by atoms with van der Waals surface area (Å²) in [5.41, 5.74) is 0.879. The molecule has 1 heterocycles. The van der Waals surface area contributed by atoms with Gasteiger partial charge >= 0.3 is 5.69 Å². The van der Waals surface area contributed by atoms with Gasteiger partial charge in [0.25, 0.3) is 5.56 Å². The summed E-state index contributed by atoms with van der Waals surface area (Å²) in [4.78, 5) is 38.4. The third-order valence-electron chi connectivity index (χ3n) is 4.77. The molecule has 0 aliphatic rings. The molecule has 1 aromatic heterocycles. The number of fused-ring (bicyclic) bond motifs is 1. The number of anilines is 1. The number of hydrogen-bond donors (Lipinski definition) is 1. The number of para-hydroxylation sites is 1. The maximum atomic E-state index is 12.9. The average Bonchev–Trinajstić information content (AvgIpc) is 2.72. The molecule has 3 rings (SSSR count). The van der Waals surface area contributed by atoms with Gasteiger partial charge in [0.15, 0.2) is 11.5 Å². The zero-order valence-electron chi connectivity index (χ0n) is 16.8. The average molecular weight is 397 g/mol. The van der Waals surface area contributed by atoms with E-state index in [1.807, 2.05) is 25.1 Å². The fraction of sp³-hybridized carbons (Fsp3) is 0.286. The van der Waals surface area contributed by atoms with Crippen LogP contribution in [0.2, 0.25) is 0 Å². The maximum Gasteiger partial charge on any atom is 0.331 e. The highest BCUT2D eigenvalue weighted by Gasteiger charge is 2.18. The van der Waals surface area contributed by atoms with Crippen LogP contribution in [0, 0.1) is 6.92 Å². The molecule has 2 aromatic carbocycles.